The van der Waals surface area contributed by atoms with Crippen LogP contribution in [-0.2, 0) is 4.79 Å². The molecule has 0 spiro atoms. The van der Waals surface area contributed by atoms with Crippen LogP contribution >= 0.6 is 34.8 Å². The Morgan fingerprint density at radius 2 is 1.73 bits per heavy atom. The van der Waals surface area contributed by atoms with Crippen LogP contribution in [0.2, 0.25) is 15.1 Å². The average Bonchev–Trinajstić information content (AvgIpc) is 2.83. The van der Waals surface area contributed by atoms with Gasteiger partial charge < -0.3 is 19.6 Å². The molecule has 0 saturated carbocycles. The summed E-state index contributed by atoms with van der Waals surface area (Å²) in [6, 6.07) is 19.6. The number of aliphatic hydroxyl groups excluding tert-OH is 1. The summed E-state index contributed by atoms with van der Waals surface area (Å²) in [4.78, 5) is 17.1. The zero-order chi connectivity index (χ0) is 23.5. The third kappa shape index (κ3) is 5.22. The van der Waals surface area contributed by atoms with Crippen molar-refractivity contribution in [2.24, 2.45) is 0 Å². The zero-order valence-corrected chi connectivity index (χ0v) is 20.2. The van der Waals surface area contributed by atoms with Gasteiger partial charge in [0.15, 0.2) is 6.10 Å². The SMILES string of the molecule is COc1cccc(C(O)C(=O)N2CCN(c3ccc(Cl)cc3Cl)[C@H](c3ccc(Cl)cc3)C2)c1. The Kier molecular flexibility index (Phi) is 7.35. The molecular weight excluding hydrogens is 483 g/mol. The summed E-state index contributed by atoms with van der Waals surface area (Å²) in [7, 11) is 1.55. The van der Waals surface area contributed by atoms with Crippen LogP contribution in [0.3, 0.4) is 0 Å². The number of ether oxygens (including phenoxy) is 1. The van der Waals surface area contributed by atoms with Crippen molar-refractivity contribution in [3.8, 4) is 5.75 Å². The molecule has 1 amide bonds. The maximum atomic E-state index is 13.2. The Hall–Kier alpha value is -2.44. The van der Waals surface area contributed by atoms with Gasteiger partial charge in [0, 0.05) is 29.7 Å². The van der Waals surface area contributed by atoms with Crippen LogP contribution < -0.4 is 9.64 Å². The normalized spacial score (nSPS) is 17.1. The lowest BCUT2D eigenvalue weighted by atomic mass is 10.00. The minimum Gasteiger partial charge on any atom is -0.497 e. The first-order chi connectivity index (χ1) is 15.9. The van der Waals surface area contributed by atoms with E-state index < -0.39 is 6.10 Å². The molecule has 0 bridgehead atoms. The Bertz CT molecular complexity index is 1140. The lowest BCUT2D eigenvalue weighted by Gasteiger charge is -2.44. The molecule has 1 fully saturated rings. The monoisotopic (exact) mass is 504 g/mol. The van der Waals surface area contributed by atoms with E-state index in [4.69, 9.17) is 39.5 Å². The number of anilines is 1. The summed E-state index contributed by atoms with van der Waals surface area (Å²) >= 11 is 18.7. The van der Waals surface area contributed by atoms with Crippen LogP contribution in [0.25, 0.3) is 0 Å². The highest BCUT2D eigenvalue weighted by Gasteiger charge is 2.34. The predicted molar refractivity (Wildman–Crippen MR) is 133 cm³/mol. The quantitative estimate of drug-likeness (QED) is 0.478. The number of rotatable bonds is 5. The molecule has 8 heteroatoms. The number of methoxy groups -OCH3 is 1. The van der Waals surface area contributed by atoms with Crippen LogP contribution in [0.1, 0.15) is 23.3 Å². The number of carbonyl (C=O) groups excluding carboxylic acids is 1. The third-order valence-electron chi connectivity index (χ3n) is 5.81. The van der Waals surface area contributed by atoms with Gasteiger partial charge in [-0.05, 0) is 53.6 Å². The van der Waals surface area contributed by atoms with Crippen molar-refractivity contribution in [3.05, 3.63) is 92.9 Å². The average molecular weight is 506 g/mol. The van der Waals surface area contributed by atoms with E-state index in [1.54, 1.807) is 48.4 Å². The summed E-state index contributed by atoms with van der Waals surface area (Å²) in [5.41, 5.74) is 2.31. The second-order valence-corrected chi connectivity index (χ2v) is 9.10. The minimum atomic E-state index is -1.28. The maximum Gasteiger partial charge on any atom is 0.256 e. The number of halogens is 3. The second-order valence-electron chi connectivity index (χ2n) is 7.82. The molecule has 0 aromatic heterocycles. The Morgan fingerprint density at radius 1 is 1.00 bits per heavy atom. The van der Waals surface area contributed by atoms with Gasteiger partial charge in [-0.15, -0.1) is 0 Å². The highest BCUT2D eigenvalue weighted by Crippen LogP contribution is 2.37. The van der Waals surface area contributed by atoms with Crippen molar-refractivity contribution < 1.29 is 14.6 Å². The molecule has 1 saturated heterocycles. The van der Waals surface area contributed by atoms with Crippen molar-refractivity contribution in [3.63, 3.8) is 0 Å². The number of aliphatic hydroxyl groups is 1. The largest absolute Gasteiger partial charge is 0.497 e. The number of hydrogen-bond acceptors (Lipinski definition) is 4. The van der Waals surface area contributed by atoms with Gasteiger partial charge >= 0.3 is 0 Å². The van der Waals surface area contributed by atoms with Crippen molar-refractivity contribution in [1.29, 1.82) is 0 Å². The van der Waals surface area contributed by atoms with Gasteiger partial charge in [0.2, 0.25) is 0 Å². The Labute approximate surface area is 208 Å². The molecule has 1 aliphatic heterocycles. The van der Waals surface area contributed by atoms with Gasteiger partial charge in [0.25, 0.3) is 5.91 Å². The van der Waals surface area contributed by atoms with E-state index in [0.717, 1.165) is 11.3 Å². The van der Waals surface area contributed by atoms with Crippen LogP contribution in [0.4, 0.5) is 5.69 Å². The Morgan fingerprint density at radius 3 is 2.42 bits per heavy atom. The van der Waals surface area contributed by atoms with E-state index in [1.165, 1.54) is 0 Å². The van der Waals surface area contributed by atoms with Crippen molar-refractivity contribution in [1.82, 2.24) is 4.90 Å². The number of carbonyl (C=O) groups is 1. The van der Waals surface area contributed by atoms with E-state index in [1.807, 2.05) is 30.3 Å². The van der Waals surface area contributed by atoms with Crippen LogP contribution in [0.15, 0.2) is 66.7 Å². The number of amides is 1. The molecule has 3 aromatic rings. The van der Waals surface area contributed by atoms with E-state index in [9.17, 15) is 9.90 Å². The van der Waals surface area contributed by atoms with E-state index in [-0.39, 0.29) is 11.9 Å². The molecular formula is C25H23Cl3N2O3. The molecule has 3 aromatic carbocycles. The Balaban J connectivity index is 1.63. The van der Waals surface area contributed by atoms with E-state index in [0.29, 0.717) is 46.0 Å². The zero-order valence-electron chi connectivity index (χ0n) is 17.9. The maximum absolute atomic E-state index is 13.2. The summed E-state index contributed by atoms with van der Waals surface area (Å²) in [6.07, 6.45) is -1.28. The van der Waals surface area contributed by atoms with Gasteiger partial charge in [-0.3, -0.25) is 4.79 Å². The molecule has 2 atom stereocenters. The highest BCUT2D eigenvalue weighted by molar-refractivity contribution is 6.36. The van der Waals surface area contributed by atoms with Crippen LogP contribution in [0.5, 0.6) is 5.75 Å². The molecule has 1 aliphatic rings. The fourth-order valence-electron chi connectivity index (χ4n) is 4.08. The molecule has 1 heterocycles. The standard InChI is InChI=1S/C25H23Cl3N2O3/c1-33-20-4-2-3-17(13-20)24(31)25(32)29-11-12-30(22-10-9-19(27)14-21(22)28)23(15-29)16-5-7-18(26)8-6-16/h2-10,13-14,23-24,31H,11-12,15H2,1H3/t23-,24?/m0/s1. The van der Waals surface area contributed by atoms with Gasteiger partial charge in [-0.1, -0.05) is 59.1 Å². The lowest BCUT2D eigenvalue weighted by molar-refractivity contribution is -0.141. The number of benzene rings is 3. The summed E-state index contributed by atoms with van der Waals surface area (Å²) in [6.45, 7) is 1.34. The fourth-order valence-corrected chi connectivity index (χ4v) is 4.73. The first kappa shape index (κ1) is 23.7. The molecule has 1 N–H and O–H groups in total. The smallest absolute Gasteiger partial charge is 0.256 e. The van der Waals surface area contributed by atoms with Crippen molar-refractivity contribution in [2.45, 2.75) is 12.1 Å². The molecule has 0 radical (unpaired) electrons. The van der Waals surface area contributed by atoms with Crippen molar-refractivity contribution in [2.75, 3.05) is 31.6 Å². The van der Waals surface area contributed by atoms with Crippen LogP contribution in [-0.4, -0.2) is 42.7 Å². The van der Waals surface area contributed by atoms with Gasteiger partial charge in [-0.25, -0.2) is 0 Å². The van der Waals surface area contributed by atoms with Gasteiger partial charge in [0.1, 0.15) is 5.75 Å². The number of hydrogen-bond donors (Lipinski definition) is 1. The topological polar surface area (TPSA) is 53.0 Å². The van der Waals surface area contributed by atoms with Crippen molar-refractivity contribution >= 4 is 46.4 Å². The first-order valence-corrected chi connectivity index (χ1v) is 11.6. The highest BCUT2D eigenvalue weighted by atomic mass is 35.5. The summed E-state index contributed by atoms with van der Waals surface area (Å²) < 4.78 is 5.22. The molecule has 4 rings (SSSR count). The minimum absolute atomic E-state index is 0.184. The molecule has 33 heavy (non-hydrogen) atoms. The number of piperazine rings is 1. The third-order valence-corrected chi connectivity index (χ3v) is 6.60. The first-order valence-electron chi connectivity index (χ1n) is 10.5. The number of nitrogens with zero attached hydrogens (tertiary/aromatic N) is 2. The summed E-state index contributed by atoms with van der Waals surface area (Å²) in [5, 5.41) is 12.5. The second kappa shape index (κ2) is 10.2. The fraction of sp³-hybridized carbons (Fsp3) is 0.240. The molecule has 0 aliphatic carbocycles. The predicted octanol–water partition coefficient (Wildman–Crippen LogP) is 5.78. The summed E-state index contributed by atoms with van der Waals surface area (Å²) in [5.74, 6) is 0.227. The lowest BCUT2D eigenvalue weighted by Crippen LogP contribution is -2.51. The van der Waals surface area contributed by atoms with Gasteiger partial charge in [0.05, 0.1) is 23.9 Å². The molecule has 5 nitrogen and oxygen atoms in total. The van der Waals surface area contributed by atoms with E-state index in [2.05, 4.69) is 4.90 Å². The molecule has 1 unspecified atom stereocenters. The molecule has 172 valence electrons. The van der Waals surface area contributed by atoms with E-state index >= 15 is 0 Å². The van der Waals surface area contributed by atoms with Crippen LogP contribution in [0, 0.1) is 0 Å². The van der Waals surface area contributed by atoms with Gasteiger partial charge in [-0.2, -0.15) is 0 Å².